The van der Waals surface area contributed by atoms with Crippen molar-refractivity contribution in [1.82, 2.24) is 9.55 Å². The average Bonchev–Trinajstić information content (AvgIpc) is 2.73. The summed E-state index contributed by atoms with van der Waals surface area (Å²) >= 11 is 12.2. The highest BCUT2D eigenvalue weighted by molar-refractivity contribution is 6.35. The predicted octanol–water partition coefficient (Wildman–Crippen LogP) is 5.53. The first kappa shape index (κ1) is 19.5. The molecule has 4 nitrogen and oxygen atoms in total. The summed E-state index contributed by atoms with van der Waals surface area (Å²) in [6, 6.07) is 22.4. The fourth-order valence-electron chi connectivity index (χ4n) is 3.17. The predicted molar refractivity (Wildman–Crippen MR) is 117 cm³/mol. The molecule has 0 N–H and O–H groups in total. The maximum absolute atomic E-state index is 13.1. The van der Waals surface area contributed by atoms with Crippen LogP contribution < -0.4 is 10.3 Å². The Morgan fingerprint density at radius 2 is 1.69 bits per heavy atom. The third kappa shape index (κ3) is 4.44. The molecule has 29 heavy (non-hydrogen) atoms. The van der Waals surface area contributed by atoms with Gasteiger partial charge in [-0.3, -0.25) is 9.36 Å². The highest BCUT2D eigenvalue weighted by Gasteiger charge is 2.13. The quantitative estimate of drug-likeness (QED) is 0.408. The van der Waals surface area contributed by atoms with E-state index in [2.05, 4.69) is 4.98 Å². The number of hydrogen-bond donors (Lipinski definition) is 0. The van der Waals surface area contributed by atoms with Gasteiger partial charge in [-0.15, -0.1) is 0 Å². The summed E-state index contributed by atoms with van der Waals surface area (Å²) in [5, 5.41) is 1.54. The van der Waals surface area contributed by atoms with Gasteiger partial charge < -0.3 is 4.74 Å². The van der Waals surface area contributed by atoms with Gasteiger partial charge >= 0.3 is 0 Å². The van der Waals surface area contributed by atoms with Crippen molar-refractivity contribution in [2.24, 2.45) is 0 Å². The molecule has 3 aromatic carbocycles. The molecule has 4 rings (SSSR count). The van der Waals surface area contributed by atoms with Crippen LogP contribution in [0.5, 0.6) is 5.75 Å². The van der Waals surface area contributed by atoms with Gasteiger partial charge in [-0.05, 0) is 42.3 Å². The van der Waals surface area contributed by atoms with Gasteiger partial charge in [0.15, 0.2) is 0 Å². The summed E-state index contributed by atoms with van der Waals surface area (Å²) in [4.78, 5) is 17.8. The number of para-hydroxylation sites is 1. The first-order valence-electron chi connectivity index (χ1n) is 9.22. The molecule has 0 aliphatic heterocycles. The van der Waals surface area contributed by atoms with E-state index in [4.69, 9.17) is 27.9 Å². The number of ether oxygens (including phenoxy) is 1. The van der Waals surface area contributed by atoms with Crippen molar-refractivity contribution in [2.75, 3.05) is 0 Å². The van der Waals surface area contributed by atoms with Crippen LogP contribution in [-0.4, -0.2) is 9.55 Å². The Morgan fingerprint density at radius 1 is 0.931 bits per heavy atom. The standard InChI is InChI=1S/C23H18Cl2N2O2/c24-17-10-11-21(19(25)14-17)29-15-22-26-20-9-5-4-8-18(20)23(28)27(22)13-12-16-6-2-1-3-7-16/h1-11,14H,12-13,15H2. The molecule has 0 radical (unpaired) electrons. The van der Waals surface area contributed by atoms with Crippen LogP contribution in [0, 0.1) is 0 Å². The Labute approximate surface area is 178 Å². The molecule has 0 aliphatic carbocycles. The van der Waals surface area contributed by atoms with E-state index in [9.17, 15) is 4.79 Å². The molecule has 0 fully saturated rings. The van der Waals surface area contributed by atoms with Crippen molar-refractivity contribution in [3.05, 3.63) is 105 Å². The number of halogens is 2. The lowest BCUT2D eigenvalue weighted by molar-refractivity contribution is 0.287. The van der Waals surface area contributed by atoms with Gasteiger partial charge in [0.05, 0.1) is 15.9 Å². The maximum atomic E-state index is 13.1. The molecule has 0 spiro atoms. The van der Waals surface area contributed by atoms with E-state index in [1.54, 1.807) is 28.8 Å². The lowest BCUT2D eigenvalue weighted by Crippen LogP contribution is -2.27. The number of aryl methyl sites for hydroxylation is 1. The van der Waals surface area contributed by atoms with Crippen LogP contribution in [0.15, 0.2) is 77.6 Å². The lowest BCUT2D eigenvalue weighted by Gasteiger charge is -2.15. The van der Waals surface area contributed by atoms with Crippen molar-refractivity contribution in [3.63, 3.8) is 0 Å². The van der Waals surface area contributed by atoms with E-state index in [1.807, 2.05) is 48.5 Å². The van der Waals surface area contributed by atoms with Gasteiger partial charge in [0.1, 0.15) is 18.2 Å². The molecule has 4 aromatic rings. The van der Waals surface area contributed by atoms with Gasteiger partial charge in [-0.2, -0.15) is 0 Å². The number of nitrogens with zero attached hydrogens (tertiary/aromatic N) is 2. The summed E-state index contributed by atoms with van der Waals surface area (Å²) in [5.74, 6) is 1.05. The zero-order chi connectivity index (χ0) is 20.2. The molecular weight excluding hydrogens is 407 g/mol. The van der Waals surface area contributed by atoms with Crippen molar-refractivity contribution >= 4 is 34.1 Å². The van der Waals surface area contributed by atoms with E-state index in [1.165, 1.54) is 0 Å². The van der Waals surface area contributed by atoms with Crippen molar-refractivity contribution in [1.29, 1.82) is 0 Å². The minimum Gasteiger partial charge on any atom is -0.484 e. The van der Waals surface area contributed by atoms with Gasteiger partial charge in [0, 0.05) is 11.6 Å². The van der Waals surface area contributed by atoms with Crippen LogP contribution in [0.2, 0.25) is 10.0 Å². The largest absolute Gasteiger partial charge is 0.484 e. The third-order valence-corrected chi connectivity index (χ3v) is 5.19. The molecule has 1 heterocycles. The Hall–Kier alpha value is -2.82. The number of hydrogen-bond acceptors (Lipinski definition) is 3. The molecule has 0 saturated carbocycles. The minimum atomic E-state index is -0.0765. The SMILES string of the molecule is O=c1c2ccccc2nc(COc2ccc(Cl)cc2Cl)n1CCc1ccccc1. The molecule has 0 atom stereocenters. The Bertz CT molecular complexity index is 1210. The summed E-state index contributed by atoms with van der Waals surface area (Å²) < 4.78 is 7.54. The summed E-state index contributed by atoms with van der Waals surface area (Å²) in [6.07, 6.45) is 0.718. The first-order chi connectivity index (χ1) is 14.1. The van der Waals surface area contributed by atoms with Gasteiger partial charge in [0.25, 0.3) is 5.56 Å². The van der Waals surface area contributed by atoms with E-state index >= 15 is 0 Å². The summed E-state index contributed by atoms with van der Waals surface area (Å²) in [6.45, 7) is 0.629. The Kier molecular flexibility index (Phi) is 5.84. The number of rotatable bonds is 6. The number of aromatic nitrogens is 2. The van der Waals surface area contributed by atoms with Crippen molar-refractivity contribution < 1.29 is 4.74 Å². The summed E-state index contributed by atoms with van der Waals surface area (Å²) in [7, 11) is 0. The molecule has 0 unspecified atom stereocenters. The molecule has 0 aliphatic rings. The highest BCUT2D eigenvalue weighted by Crippen LogP contribution is 2.28. The number of fused-ring (bicyclic) bond motifs is 1. The molecule has 0 saturated heterocycles. The highest BCUT2D eigenvalue weighted by atomic mass is 35.5. The Morgan fingerprint density at radius 3 is 2.48 bits per heavy atom. The second-order valence-electron chi connectivity index (χ2n) is 6.60. The van der Waals surface area contributed by atoms with Gasteiger partial charge in [0.2, 0.25) is 0 Å². The third-order valence-electron chi connectivity index (χ3n) is 4.66. The molecular formula is C23H18Cl2N2O2. The molecule has 0 bridgehead atoms. The molecule has 1 aromatic heterocycles. The van der Waals surface area contributed by atoms with Crippen LogP contribution in [0.3, 0.4) is 0 Å². The summed E-state index contributed by atoms with van der Waals surface area (Å²) in [5.41, 5.74) is 1.72. The molecule has 6 heteroatoms. The average molecular weight is 425 g/mol. The fraction of sp³-hybridized carbons (Fsp3) is 0.130. The van der Waals surface area contributed by atoms with Crippen LogP contribution in [0.4, 0.5) is 0 Å². The van der Waals surface area contributed by atoms with Gasteiger partial charge in [-0.25, -0.2) is 4.98 Å². The van der Waals surface area contributed by atoms with Crippen LogP contribution in [0.25, 0.3) is 10.9 Å². The second-order valence-corrected chi connectivity index (χ2v) is 7.44. The zero-order valence-corrected chi connectivity index (χ0v) is 17.0. The lowest BCUT2D eigenvalue weighted by atomic mass is 10.1. The van der Waals surface area contributed by atoms with E-state index in [0.29, 0.717) is 39.1 Å². The zero-order valence-electron chi connectivity index (χ0n) is 15.5. The van der Waals surface area contributed by atoms with Crippen LogP contribution in [-0.2, 0) is 19.6 Å². The Balaban J connectivity index is 1.67. The first-order valence-corrected chi connectivity index (χ1v) is 9.97. The van der Waals surface area contributed by atoms with Crippen LogP contribution >= 0.6 is 23.2 Å². The normalized spacial score (nSPS) is 11.0. The van der Waals surface area contributed by atoms with E-state index in [0.717, 1.165) is 12.0 Å². The smallest absolute Gasteiger partial charge is 0.261 e. The molecule has 146 valence electrons. The minimum absolute atomic E-state index is 0.0765. The monoisotopic (exact) mass is 424 g/mol. The van der Waals surface area contributed by atoms with E-state index < -0.39 is 0 Å². The van der Waals surface area contributed by atoms with Crippen molar-refractivity contribution in [2.45, 2.75) is 19.6 Å². The van der Waals surface area contributed by atoms with E-state index in [-0.39, 0.29) is 12.2 Å². The van der Waals surface area contributed by atoms with Gasteiger partial charge in [-0.1, -0.05) is 65.7 Å². The van der Waals surface area contributed by atoms with Crippen LogP contribution in [0.1, 0.15) is 11.4 Å². The van der Waals surface area contributed by atoms with Crippen molar-refractivity contribution in [3.8, 4) is 5.75 Å². The fourth-order valence-corrected chi connectivity index (χ4v) is 3.64. The molecule has 0 amide bonds. The maximum Gasteiger partial charge on any atom is 0.261 e. The topological polar surface area (TPSA) is 44.1 Å². The second kappa shape index (κ2) is 8.68. The number of benzene rings is 3.